The summed E-state index contributed by atoms with van der Waals surface area (Å²) < 4.78 is 5.33. The third-order valence-electron chi connectivity index (χ3n) is 5.72. The molecule has 132 valence electrons. The standard InChI is InChI=1S/C21H26N2O2/c24-21(20-9-5-15-25-20)23-12-4-8-19(23)18-10-13-22(14-11-18)16-17-6-2-1-3-7-17/h1-3,5-7,9,15,18-19H,4,8,10-14,16H2/t19-/m0/s1. The van der Waals surface area contributed by atoms with E-state index in [4.69, 9.17) is 4.42 Å². The molecule has 2 saturated heterocycles. The maximum Gasteiger partial charge on any atom is 0.289 e. The van der Waals surface area contributed by atoms with Crippen molar-refractivity contribution < 1.29 is 9.21 Å². The van der Waals surface area contributed by atoms with Crippen LogP contribution in [0.15, 0.2) is 53.1 Å². The number of hydrogen-bond donors (Lipinski definition) is 0. The predicted molar refractivity (Wildman–Crippen MR) is 97.2 cm³/mol. The van der Waals surface area contributed by atoms with Crippen molar-refractivity contribution in [1.29, 1.82) is 0 Å². The number of likely N-dealkylation sites (tertiary alicyclic amines) is 2. The minimum absolute atomic E-state index is 0.0687. The van der Waals surface area contributed by atoms with Gasteiger partial charge in [-0.1, -0.05) is 30.3 Å². The first-order chi connectivity index (χ1) is 12.3. The number of hydrogen-bond acceptors (Lipinski definition) is 3. The molecule has 4 nitrogen and oxygen atoms in total. The van der Waals surface area contributed by atoms with E-state index in [1.54, 1.807) is 18.4 Å². The van der Waals surface area contributed by atoms with Gasteiger partial charge in [0.05, 0.1) is 6.26 Å². The molecular formula is C21H26N2O2. The van der Waals surface area contributed by atoms with Crippen molar-refractivity contribution in [2.24, 2.45) is 5.92 Å². The number of carbonyl (C=O) groups is 1. The molecular weight excluding hydrogens is 312 g/mol. The highest BCUT2D eigenvalue weighted by Gasteiger charge is 2.37. The minimum Gasteiger partial charge on any atom is -0.459 e. The second-order valence-electron chi connectivity index (χ2n) is 7.28. The minimum atomic E-state index is 0.0687. The molecule has 0 radical (unpaired) electrons. The number of rotatable bonds is 4. The van der Waals surface area contributed by atoms with E-state index in [2.05, 4.69) is 40.1 Å². The lowest BCUT2D eigenvalue weighted by atomic mass is 9.87. The fourth-order valence-corrected chi connectivity index (χ4v) is 4.41. The van der Waals surface area contributed by atoms with E-state index in [9.17, 15) is 4.79 Å². The highest BCUT2D eigenvalue weighted by atomic mass is 16.3. The van der Waals surface area contributed by atoms with Gasteiger partial charge in [-0.25, -0.2) is 0 Å². The average Bonchev–Trinajstić information content (AvgIpc) is 3.35. The fourth-order valence-electron chi connectivity index (χ4n) is 4.41. The molecule has 25 heavy (non-hydrogen) atoms. The second kappa shape index (κ2) is 7.44. The van der Waals surface area contributed by atoms with Crippen molar-refractivity contribution in [2.75, 3.05) is 19.6 Å². The average molecular weight is 338 g/mol. The molecule has 2 fully saturated rings. The highest BCUT2D eigenvalue weighted by Crippen LogP contribution is 2.32. The van der Waals surface area contributed by atoms with Crippen molar-refractivity contribution in [3.05, 3.63) is 60.1 Å². The van der Waals surface area contributed by atoms with E-state index in [1.807, 2.05) is 0 Å². The van der Waals surface area contributed by atoms with E-state index < -0.39 is 0 Å². The van der Waals surface area contributed by atoms with Crippen LogP contribution in [0.4, 0.5) is 0 Å². The lowest BCUT2D eigenvalue weighted by Gasteiger charge is -2.38. The Bertz CT molecular complexity index is 675. The van der Waals surface area contributed by atoms with Gasteiger partial charge in [0.1, 0.15) is 0 Å². The highest BCUT2D eigenvalue weighted by molar-refractivity contribution is 5.91. The van der Waals surface area contributed by atoms with Crippen LogP contribution in [-0.4, -0.2) is 41.4 Å². The smallest absolute Gasteiger partial charge is 0.289 e. The summed E-state index contributed by atoms with van der Waals surface area (Å²) >= 11 is 0. The molecule has 2 aromatic rings. The normalized spacial score (nSPS) is 22.4. The number of piperidine rings is 1. The lowest BCUT2D eigenvalue weighted by molar-refractivity contribution is 0.0584. The van der Waals surface area contributed by atoms with Crippen LogP contribution in [0.5, 0.6) is 0 Å². The van der Waals surface area contributed by atoms with Crippen LogP contribution in [-0.2, 0) is 6.54 Å². The molecule has 0 bridgehead atoms. The Morgan fingerprint density at radius 2 is 1.80 bits per heavy atom. The van der Waals surface area contributed by atoms with Crippen molar-refractivity contribution in [1.82, 2.24) is 9.80 Å². The molecule has 2 aliphatic rings. The molecule has 1 aromatic heterocycles. The van der Waals surface area contributed by atoms with Gasteiger partial charge >= 0.3 is 0 Å². The van der Waals surface area contributed by atoms with Crippen molar-refractivity contribution in [2.45, 2.75) is 38.3 Å². The molecule has 3 heterocycles. The summed E-state index contributed by atoms with van der Waals surface area (Å²) in [6.07, 6.45) is 6.19. The van der Waals surface area contributed by atoms with E-state index in [0.29, 0.717) is 17.7 Å². The predicted octanol–water partition coefficient (Wildman–Crippen LogP) is 3.80. The van der Waals surface area contributed by atoms with Crippen LogP contribution in [0.2, 0.25) is 0 Å². The zero-order valence-corrected chi connectivity index (χ0v) is 14.6. The first kappa shape index (κ1) is 16.4. The lowest BCUT2D eigenvalue weighted by Crippen LogP contribution is -2.44. The Labute approximate surface area is 149 Å². The second-order valence-corrected chi connectivity index (χ2v) is 7.28. The van der Waals surface area contributed by atoms with Crippen molar-refractivity contribution in [3.63, 3.8) is 0 Å². The third-order valence-corrected chi connectivity index (χ3v) is 5.72. The van der Waals surface area contributed by atoms with Gasteiger partial charge in [-0.15, -0.1) is 0 Å². The van der Waals surface area contributed by atoms with Crippen LogP contribution in [0.1, 0.15) is 41.8 Å². The third kappa shape index (κ3) is 3.64. The van der Waals surface area contributed by atoms with Crippen LogP contribution in [0, 0.1) is 5.92 Å². The molecule has 2 aliphatic heterocycles. The Morgan fingerprint density at radius 3 is 2.52 bits per heavy atom. The number of carbonyl (C=O) groups excluding carboxylic acids is 1. The number of amides is 1. The first-order valence-corrected chi connectivity index (χ1v) is 9.42. The molecule has 1 atom stereocenters. The van der Waals surface area contributed by atoms with Crippen LogP contribution < -0.4 is 0 Å². The van der Waals surface area contributed by atoms with Gasteiger partial charge in [-0.3, -0.25) is 9.69 Å². The topological polar surface area (TPSA) is 36.7 Å². The maximum absolute atomic E-state index is 12.7. The number of benzene rings is 1. The summed E-state index contributed by atoms with van der Waals surface area (Å²) in [6, 6.07) is 14.6. The van der Waals surface area contributed by atoms with Crippen LogP contribution in [0.3, 0.4) is 0 Å². The van der Waals surface area contributed by atoms with Crippen LogP contribution in [0.25, 0.3) is 0 Å². The van der Waals surface area contributed by atoms with Crippen molar-refractivity contribution in [3.8, 4) is 0 Å². The van der Waals surface area contributed by atoms with Gasteiger partial charge < -0.3 is 9.32 Å². The summed E-state index contributed by atoms with van der Waals surface area (Å²) in [5.74, 6) is 1.17. The van der Waals surface area contributed by atoms with Gasteiger partial charge in [0.2, 0.25) is 0 Å². The number of nitrogens with zero attached hydrogens (tertiary/aromatic N) is 2. The summed E-state index contributed by atoms with van der Waals surface area (Å²) in [4.78, 5) is 17.3. The van der Waals surface area contributed by atoms with Gasteiger partial charge in [-0.2, -0.15) is 0 Å². The fraction of sp³-hybridized carbons (Fsp3) is 0.476. The molecule has 0 N–H and O–H groups in total. The molecule has 0 saturated carbocycles. The Kier molecular flexibility index (Phi) is 4.88. The SMILES string of the molecule is O=C(c1ccco1)N1CCC[C@H]1C1CCN(Cc2ccccc2)CC1. The number of furan rings is 1. The molecule has 0 spiro atoms. The molecule has 4 heteroatoms. The van der Waals surface area contributed by atoms with Crippen molar-refractivity contribution >= 4 is 5.91 Å². The summed E-state index contributed by atoms with van der Waals surface area (Å²) in [6.45, 7) is 4.15. The molecule has 1 aromatic carbocycles. The van der Waals surface area contributed by atoms with Gasteiger partial charge in [0.15, 0.2) is 5.76 Å². The Balaban J connectivity index is 1.34. The van der Waals surface area contributed by atoms with E-state index >= 15 is 0 Å². The maximum atomic E-state index is 12.7. The molecule has 0 aliphatic carbocycles. The largest absolute Gasteiger partial charge is 0.459 e. The zero-order valence-electron chi connectivity index (χ0n) is 14.6. The molecule has 4 rings (SSSR count). The molecule has 0 unspecified atom stereocenters. The van der Waals surface area contributed by atoms with Gasteiger partial charge in [-0.05, 0) is 62.4 Å². The zero-order chi connectivity index (χ0) is 17.1. The summed E-state index contributed by atoms with van der Waals surface area (Å²) in [5.41, 5.74) is 1.39. The van der Waals surface area contributed by atoms with E-state index in [-0.39, 0.29) is 5.91 Å². The van der Waals surface area contributed by atoms with E-state index in [1.165, 1.54) is 18.4 Å². The first-order valence-electron chi connectivity index (χ1n) is 9.42. The Hall–Kier alpha value is -2.07. The van der Waals surface area contributed by atoms with Crippen LogP contribution >= 0.6 is 0 Å². The monoisotopic (exact) mass is 338 g/mol. The quantitative estimate of drug-likeness (QED) is 0.851. The summed E-state index contributed by atoms with van der Waals surface area (Å²) in [5, 5.41) is 0. The van der Waals surface area contributed by atoms with Gasteiger partial charge in [0.25, 0.3) is 5.91 Å². The Morgan fingerprint density at radius 1 is 1.00 bits per heavy atom. The summed E-state index contributed by atoms with van der Waals surface area (Å²) in [7, 11) is 0. The molecule has 1 amide bonds. The van der Waals surface area contributed by atoms with Gasteiger partial charge in [0, 0.05) is 19.1 Å². The van der Waals surface area contributed by atoms with E-state index in [0.717, 1.165) is 39.0 Å².